The number of hydrogen-bond donors (Lipinski definition) is 2. The Kier molecular flexibility index (Phi) is 4.71. The van der Waals surface area contributed by atoms with E-state index in [0.717, 1.165) is 31.9 Å². The molecule has 0 aromatic carbocycles. The maximum absolute atomic E-state index is 13.8. The second-order valence-corrected chi connectivity index (χ2v) is 5.86. The van der Waals surface area contributed by atoms with Crippen LogP contribution in [0.15, 0.2) is 18.6 Å². The van der Waals surface area contributed by atoms with Crippen molar-refractivity contribution in [3.8, 4) is 5.88 Å². The van der Waals surface area contributed by atoms with Crippen LogP contribution in [0.3, 0.4) is 0 Å². The molecule has 0 saturated heterocycles. The van der Waals surface area contributed by atoms with E-state index >= 15 is 0 Å². The second-order valence-electron chi connectivity index (χ2n) is 5.86. The molecule has 2 N–H and O–H groups in total. The van der Waals surface area contributed by atoms with Crippen molar-refractivity contribution in [3.63, 3.8) is 0 Å². The van der Waals surface area contributed by atoms with E-state index in [2.05, 4.69) is 20.4 Å². The molecule has 0 unspecified atom stereocenters. The Balaban J connectivity index is 1.61. The molecule has 2 heterocycles. The highest BCUT2D eigenvalue weighted by Crippen LogP contribution is 2.25. The van der Waals surface area contributed by atoms with Crippen LogP contribution in [-0.4, -0.2) is 37.6 Å². The van der Waals surface area contributed by atoms with Crippen LogP contribution >= 0.6 is 0 Å². The number of anilines is 2. The minimum Gasteiger partial charge on any atom is -0.475 e. The van der Waals surface area contributed by atoms with Crippen LogP contribution in [0, 0.1) is 11.7 Å². The lowest BCUT2D eigenvalue weighted by molar-refractivity contribution is 0.0899. The molecule has 7 nitrogen and oxygen atoms in total. The minimum atomic E-state index is -0.586. The van der Waals surface area contributed by atoms with Crippen molar-refractivity contribution >= 4 is 11.6 Å². The average Bonchev–Trinajstić information content (AvgIpc) is 2.94. The van der Waals surface area contributed by atoms with Gasteiger partial charge in [0.15, 0.2) is 0 Å². The molecular formula is C15H20FN5O2. The van der Waals surface area contributed by atoms with Gasteiger partial charge in [-0.05, 0) is 31.6 Å². The van der Waals surface area contributed by atoms with E-state index in [-0.39, 0.29) is 17.9 Å². The molecule has 1 saturated carbocycles. The fraction of sp³-hybridized carbons (Fsp3) is 0.533. The number of ether oxygens (including phenoxy) is 1. The Hall–Kier alpha value is -2.22. The van der Waals surface area contributed by atoms with Gasteiger partial charge in [0.2, 0.25) is 11.8 Å². The third-order valence-electron chi connectivity index (χ3n) is 3.94. The first-order valence-corrected chi connectivity index (χ1v) is 7.69. The van der Waals surface area contributed by atoms with Gasteiger partial charge in [-0.15, -0.1) is 0 Å². The standard InChI is InChI=1S/C15H20FN5O2/c1-21-8-11(6-18-21)19-15-17-7-13(16)14(20-15)23-9-10-2-4-12(22)5-3-10/h6-8,10,12,22H,2-5,9H2,1H3,(H,17,19,20). The lowest BCUT2D eigenvalue weighted by Gasteiger charge is -2.25. The molecule has 1 aliphatic rings. The Morgan fingerprint density at radius 1 is 1.35 bits per heavy atom. The van der Waals surface area contributed by atoms with Gasteiger partial charge in [0.1, 0.15) is 0 Å². The van der Waals surface area contributed by atoms with E-state index in [0.29, 0.717) is 18.2 Å². The minimum absolute atomic E-state index is 0.0579. The Morgan fingerprint density at radius 2 is 2.13 bits per heavy atom. The van der Waals surface area contributed by atoms with Gasteiger partial charge in [0.05, 0.1) is 30.8 Å². The first-order valence-electron chi connectivity index (χ1n) is 7.69. The molecule has 0 radical (unpaired) electrons. The molecule has 124 valence electrons. The lowest BCUT2D eigenvalue weighted by atomic mass is 9.88. The van der Waals surface area contributed by atoms with E-state index in [1.54, 1.807) is 24.1 Å². The van der Waals surface area contributed by atoms with Gasteiger partial charge < -0.3 is 15.2 Å². The summed E-state index contributed by atoms with van der Waals surface area (Å²) in [4.78, 5) is 7.97. The summed E-state index contributed by atoms with van der Waals surface area (Å²) in [5, 5.41) is 16.5. The van der Waals surface area contributed by atoms with Crippen LogP contribution in [-0.2, 0) is 7.05 Å². The van der Waals surface area contributed by atoms with Crippen molar-refractivity contribution in [2.24, 2.45) is 13.0 Å². The SMILES string of the molecule is Cn1cc(Nc2ncc(F)c(OCC3CCC(O)CC3)n2)cn1. The predicted octanol–water partition coefficient (Wildman–Crippen LogP) is 2.02. The first-order chi connectivity index (χ1) is 11.1. The van der Waals surface area contributed by atoms with Crippen LogP contribution in [0.5, 0.6) is 5.88 Å². The number of aryl methyl sites for hydroxylation is 1. The summed E-state index contributed by atoms with van der Waals surface area (Å²) >= 11 is 0. The molecular weight excluding hydrogens is 301 g/mol. The summed E-state index contributed by atoms with van der Waals surface area (Å²) in [6.45, 7) is 0.396. The topological polar surface area (TPSA) is 85.1 Å². The molecule has 1 aliphatic carbocycles. The summed E-state index contributed by atoms with van der Waals surface area (Å²) in [7, 11) is 1.80. The molecule has 0 amide bonds. The van der Waals surface area contributed by atoms with E-state index in [1.165, 1.54) is 0 Å². The van der Waals surface area contributed by atoms with Crippen LogP contribution in [0.1, 0.15) is 25.7 Å². The average molecular weight is 321 g/mol. The van der Waals surface area contributed by atoms with Gasteiger partial charge in [-0.25, -0.2) is 4.98 Å². The van der Waals surface area contributed by atoms with Crippen molar-refractivity contribution in [1.29, 1.82) is 0 Å². The number of aliphatic hydroxyl groups excluding tert-OH is 1. The summed E-state index contributed by atoms with van der Waals surface area (Å²) in [5.74, 6) is -0.0638. The summed E-state index contributed by atoms with van der Waals surface area (Å²) in [6, 6.07) is 0. The van der Waals surface area contributed by atoms with Gasteiger partial charge in [-0.3, -0.25) is 4.68 Å². The van der Waals surface area contributed by atoms with Gasteiger partial charge in [-0.1, -0.05) is 0 Å². The molecule has 23 heavy (non-hydrogen) atoms. The smallest absolute Gasteiger partial charge is 0.255 e. The van der Waals surface area contributed by atoms with Crippen LogP contribution in [0.4, 0.5) is 16.0 Å². The van der Waals surface area contributed by atoms with Crippen molar-refractivity contribution in [3.05, 3.63) is 24.4 Å². The third kappa shape index (κ3) is 4.16. The fourth-order valence-corrected chi connectivity index (χ4v) is 2.64. The summed E-state index contributed by atoms with van der Waals surface area (Å²) in [5.41, 5.74) is 0.714. The van der Waals surface area contributed by atoms with Gasteiger partial charge in [-0.2, -0.15) is 14.5 Å². The fourth-order valence-electron chi connectivity index (χ4n) is 2.64. The van der Waals surface area contributed by atoms with Crippen molar-refractivity contribution in [1.82, 2.24) is 19.7 Å². The normalized spacial score (nSPS) is 21.2. The maximum Gasteiger partial charge on any atom is 0.255 e. The van der Waals surface area contributed by atoms with Gasteiger partial charge in [0.25, 0.3) is 5.88 Å². The number of aromatic nitrogens is 4. The van der Waals surface area contributed by atoms with Crippen LogP contribution in [0.2, 0.25) is 0 Å². The highest BCUT2D eigenvalue weighted by molar-refractivity contribution is 5.50. The zero-order valence-corrected chi connectivity index (χ0v) is 12.9. The Morgan fingerprint density at radius 3 is 2.83 bits per heavy atom. The Labute approximate surface area is 133 Å². The van der Waals surface area contributed by atoms with E-state index in [4.69, 9.17) is 4.74 Å². The number of nitrogens with zero attached hydrogens (tertiary/aromatic N) is 4. The number of aliphatic hydroxyl groups is 1. The van der Waals surface area contributed by atoms with Crippen molar-refractivity contribution in [2.75, 3.05) is 11.9 Å². The van der Waals surface area contributed by atoms with E-state index in [1.807, 2.05) is 0 Å². The zero-order valence-electron chi connectivity index (χ0n) is 12.9. The number of hydrogen-bond acceptors (Lipinski definition) is 6. The van der Waals surface area contributed by atoms with Crippen LogP contribution < -0.4 is 10.1 Å². The number of rotatable bonds is 5. The molecule has 3 rings (SSSR count). The highest BCUT2D eigenvalue weighted by Gasteiger charge is 2.20. The lowest BCUT2D eigenvalue weighted by Crippen LogP contribution is -2.23. The molecule has 1 fully saturated rings. The molecule has 0 aliphatic heterocycles. The third-order valence-corrected chi connectivity index (χ3v) is 3.94. The molecule has 2 aromatic heterocycles. The van der Waals surface area contributed by atoms with Gasteiger partial charge in [0, 0.05) is 13.2 Å². The van der Waals surface area contributed by atoms with Gasteiger partial charge >= 0.3 is 0 Å². The number of nitrogens with one attached hydrogen (secondary N) is 1. The van der Waals surface area contributed by atoms with E-state index in [9.17, 15) is 9.50 Å². The number of halogens is 1. The Bertz CT molecular complexity index is 655. The van der Waals surface area contributed by atoms with Crippen molar-refractivity contribution in [2.45, 2.75) is 31.8 Å². The quantitative estimate of drug-likeness (QED) is 0.876. The predicted molar refractivity (Wildman–Crippen MR) is 81.9 cm³/mol. The first kappa shape index (κ1) is 15.7. The summed E-state index contributed by atoms with van der Waals surface area (Å²) < 4.78 is 21.0. The molecule has 2 aromatic rings. The molecule has 8 heteroatoms. The molecule has 0 atom stereocenters. The van der Waals surface area contributed by atoms with Crippen molar-refractivity contribution < 1.29 is 14.2 Å². The maximum atomic E-state index is 13.8. The highest BCUT2D eigenvalue weighted by atomic mass is 19.1. The van der Waals surface area contributed by atoms with Crippen LogP contribution in [0.25, 0.3) is 0 Å². The zero-order chi connectivity index (χ0) is 16.2. The molecule has 0 bridgehead atoms. The largest absolute Gasteiger partial charge is 0.475 e. The second kappa shape index (κ2) is 6.91. The van der Waals surface area contributed by atoms with E-state index < -0.39 is 5.82 Å². The monoisotopic (exact) mass is 321 g/mol. The summed E-state index contributed by atoms with van der Waals surface area (Å²) in [6.07, 6.45) is 7.58. The molecule has 0 spiro atoms.